The summed E-state index contributed by atoms with van der Waals surface area (Å²) in [5, 5.41) is 4.26. The summed E-state index contributed by atoms with van der Waals surface area (Å²) in [4.78, 5) is 29.4. The zero-order valence-corrected chi connectivity index (χ0v) is 15.5. The number of amides is 2. The second-order valence-electron chi connectivity index (χ2n) is 7.42. The first-order chi connectivity index (χ1) is 12.1. The van der Waals surface area contributed by atoms with Gasteiger partial charge in [0.2, 0.25) is 11.8 Å². The molecule has 138 valence electrons. The molecule has 1 aliphatic heterocycles. The van der Waals surface area contributed by atoms with Crippen LogP contribution in [0.4, 0.5) is 0 Å². The maximum absolute atomic E-state index is 12.9. The van der Waals surface area contributed by atoms with E-state index in [-0.39, 0.29) is 23.8 Å². The van der Waals surface area contributed by atoms with Crippen LogP contribution in [0.15, 0.2) is 12.4 Å². The lowest BCUT2D eigenvalue weighted by atomic mass is 9.88. The number of likely N-dealkylation sites (N-methyl/N-ethyl adjacent to an activating group) is 1. The van der Waals surface area contributed by atoms with E-state index in [0.717, 1.165) is 57.2 Å². The standard InChI is InChI=1S/C19H30N4O2/c1-3-22-14-15(12-20-22)13-21(2)19(25)17-10-7-11-23(17)18(24)16-8-5-4-6-9-16/h12,14,16-17H,3-11,13H2,1-2H3. The van der Waals surface area contributed by atoms with Crippen molar-refractivity contribution in [3.05, 3.63) is 18.0 Å². The zero-order chi connectivity index (χ0) is 17.8. The summed E-state index contributed by atoms with van der Waals surface area (Å²) < 4.78 is 1.86. The maximum atomic E-state index is 12.9. The smallest absolute Gasteiger partial charge is 0.245 e. The van der Waals surface area contributed by atoms with Gasteiger partial charge < -0.3 is 9.80 Å². The van der Waals surface area contributed by atoms with Crippen LogP contribution in [0, 0.1) is 5.92 Å². The molecular weight excluding hydrogens is 316 g/mol. The van der Waals surface area contributed by atoms with Crippen LogP contribution in [0.5, 0.6) is 0 Å². The van der Waals surface area contributed by atoms with Gasteiger partial charge >= 0.3 is 0 Å². The minimum atomic E-state index is -0.277. The van der Waals surface area contributed by atoms with Gasteiger partial charge in [-0.3, -0.25) is 14.3 Å². The third-order valence-electron chi connectivity index (χ3n) is 5.58. The van der Waals surface area contributed by atoms with E-state index in [4.69, 9.17) is 0 Å². The molecule has 0 radical (unpaired) electrons. The maximum Gasteiger partial charge on any atom is 0.245 e. The molecule has 0 spiro atoms. The molecule has 0 N–H and O–H groups in total. The lowest BCUT2D eigenvalue weighted by Gasteiger charge is -2.32. The Bertz CT molecular complexity index is 606. The second kappa shape index (κ2) is 8.02. The number of aromatic nitrogens is 2. The number of rotatable bonds is 5. The molecule has 6 heteroatoms. The van der Waals surface area contributed by atoms with Gasteiger partial charge in [0.25, 0.3) is 0 Å². The van der Waals surface area contributed by atoms with Crippen molar-refractivity contribution in [3.8, 4) is 0 Å². The molecule has 6 nitrogen and oxygen atoms in total. The molecule has 2 heterocycles. The summed E-state index contributed by atoms with van der Waals surface area (Å²) in [5.41, 5.74) is 1.03. The molecule has 1 aliphatic carbocycles. The van der Waals surface area contributed by atoms with Gasteiger partial charge in [0.15, 0.2) is 0 Å². The van der Waals surface area contributed by atoms with Gasteiger partial charge in [0.1, 0.15) is 6.04 Å². The third-order valence-corrected chi connectivity index (χ3v) is 5.58. The van der Waals surface area contributed by atoms with Crippen LogP contribution in [0.1, 0.15) is 57.4 Å². The number of likely N-dealkylation sites (tertiary alicyclic amines) is 1. The molecule has 0 aromatic carbocycles. The van der Waals surface area contributed by atoms with Crippen LogP contribution in [-0.4, -0.2) is 51.0 Å². The Kier molecular flexibility index (Phi) is 5.76. The highest BCUT2D eigenvalue weighted by Crippen LogP contribution is 2.29. The molecule has 3 rings (SSSR count). The first-order valence-corrected chi connectivity index (χ1v) is 9.67. The van der Waals surface area contributed by atoms with Gasteiger partial charge in [0, 0.05) is 44.4 Å². The third kappa shape index (κ3) is 4.05. The summed E-state index contributed by atoms with van der Waals surface area (Å²) in [6.45, 7) is 4.14. The van der Waals surface area contributed by atoms with Gasteiger partial charge in [-0.05, 0) is 32.6 Å². The molecule has 0 bridgehead atoms. The largest absolute Gasteiger partial charge is 0.340 e. The Morgan fingerprint density at radius 3 is 2.64 bits per heavy atom. The van der Waals surface area contributed by atoms with E-state index in [1.165, 1.54) is 6.42 Å². The van der Waals surface area contributed by atoms with Crippen molar-refractivity contribution < 1.29 is 9.59 Å². The molecule has 1 aromatic rings. The van der Waals surface area contributed by atoms with E-state index in [1.807, 2.05) is 35.9 Å². The fourth-order valence-electron chi connectivity index (χ4n) is 4.14. The van der Waals surface area contributed by atoms with Crippen LogP contribution in [0.25, 0.3) is 0 Å². The van der Waals surface area contributed by atoms with Crippen molar-refractivity contribution in [2.75, 3.05) is 13.6 Å². The minimum absolute atomic E-state index is 0.0610. The lowest BCUT2D eigenvalue weighted by Crippen LogP contribution is -2.48. The van der Waals surface area contributed by atoms with Crippen LogP contribution < -0.4 is 0 Å². The summed E-state index contributed by atoms with van der Waals surface area (Å²) >= 11 is 0. The predicted molar refractivity (Wildman–Crippen MR) is 95.7 cm³/mol. The Labute approximate surface area is 150 Å². The van der Waals surface area contributed by atoms with Crippen LogP contribution in [0.2, 0.25) is 0 Å². The van der Waals surface area contributed by atoms with E-state index in [2.05, 4.69) is 5.10 Å². The lowest BCUT2D eigenvalue weighted by molar-refractivity contribution is -0.146. The number of hydrogen-bond donors (Lipinski definition) is 0. The summed E-state index contributed by atoms with van der Waals surface area (Å²) in [6, 6.07) is -0.277. The summed E-state index contributed by atoms with van der Waals surface area (Å²) in [5.74, 6) is 0.406. The normalized spacial score (nSPS) is 21.5. The van der Waals surface area contributed by atoms with Crippen molar-refractivity contribution >= 4 is 11.8 Å². The molecule has 1 saturated heterocycles. The Morgan fingerprint density at radius 2 is 1.96 bits per heavy atom. The Hall–Kier alpha value is -1.85. The SMILES string of the molecule is CCn1cc(CN(C)C(=O)C2CCCN2C(=O)C2CCCCC2)cn1. The number of carbonyl (C=O) groups is 2. The zero-order valence-electron chi connectivity index (χ0n) is 15.5. The van der Waals surface area contributed by atoms with E-state index >= 15 is 0 Å². The molecule has 1 unspecified atom stereocenters. The number of nitrogens with zero attached hydrogens (tertiary/aromatic N) is 4. The van der Waals surface area contributed by atoms with Crippen molar-refractivity contribution in [2.24, 2.45) is 5.92 Å². The van der Waals surface area contributed by atoms with E-state index in [9.17, 15) is 9.59 Å². The molecular formula is C19H30N4O2. The van der Waals surface area contributed by atoms with Crippen molar-refractivity contribution in [2.45, 2.75) is 71.0 Å². The average molecular weight is 346 g/mol. The van der Waals surface area contributed by atoms with Crippen molar-refractivity contribution in [1.29, 1.82) is 0 Å². The van der Waals surface area contributed by atoms with Gasteiger partial charge in [-0.2, -0.15) is 5.10 Å². The topological polar surface area (TPSA) is 58.4 Å². The Balaban J connectivity index is 1.62. The van der Waals surface area contributed by atoms with Gasteiger partial charge in [-0.15, -0.1) is 0 Å². The number of aryl methyl sites for hydroxylation is 1. The van der Waals surface area contributed by atoms with Crippen LogP contribution in [-0.2, 0) is 22.7 Å². The Morgan fingerprint density at radius 1 is 1.20 bits per heavy atom. The van der Waals surface area contributed by atoms with Crippen molar-refractivity contribution in [1.82, 2.24) is 19.6 Å². The molecule has 2 fully saturated rings. The molecule has 2 aliphatic rings. The highest BCUT2D eigenvalue weighted by Gasteiger charge is 2.38. The van der Waals surface area contributed by atoms with E-state index in [0.29, 0.717) is 6.54 Å². The quantitative estimate of drug-likeness (QED) is 0.823. The van der Waals surface area contributed by atoms with Crippen LogP contribution >= 0.6 is 0 Å². The number of carbonyl (C=O) groups excluding carboxylic acids is 2. The molecule has 1 aromatic heterocycles. The van der Waals surface area contributed by atoms with Gasteiger partial charge in [-0.1, -0.05) is 19.3 Å². The van der Waals surface area contributed by atoms with Crippen LogP contribution in [0.3, 0.4) is 0 Å². The summed E-state index contributed by atoms with van der Waals surface area (Å²) in [6.07, 6.45) is 11.0. The second-order valence-corrected chi connectivity index (χ2v) is 7.42. The highest BCUT2D eigenvalue weighted by molar-refractivity contribution is 5.89. The fourth-order valence-corrected chi connectivity index (χ4v) is 4.14. The predicted octanol–water partition coefficient (Wildman–Crippen LogP) is 2.43. The monoisotopic (exact) mass is 346 g/mol. The summed E-state index contributed by atoms with van der Waals surface area (Å²) in [7, 11) is 1.83. The minimum Gasteiger partial charge on any atom is -0.340 e. The molecule has 1 atom stereocenters. The van der Waals surface area contributed by atoms with Gasteiger partial charge in [0.05, 0.1) is 6.20 Å². The van der Waals surface area contributed by atoms with E-state index < -0.39 is 0 Å². The first kappa shape index (κ1) is 18.0. The molecule has 25 heavy (non-hydrogen) atoms. The molecule has 1 saturated carbocycles. The van der Waals surface area contributed by atoms with E-state index in [1.54, 1.807) is 4.90 Å². The average Bonchev–Trinajstić information content (AvgIpc) is 3.30. The van der Waals surface area contributed by atoms with Gasteiger partial charge in [-0.25, -0.2) is 0 Å². The molecule has 2 amide bonds. The van der Waals surface area contributed by atoms with Crippen molar-refractivity contribution in [3.63, 3.8) is 0 Å². The first-order valence-electron chi connectivity index (χ1n) is 9.67. The highest BCUT2D eigenvalue weighted by atomic mass is 16.2. The fraction of sp³-hybridized carbons (Fsp3) is 0.737. The number of hydrogen-bond acceptors (Lipinski definition) is 3.